The number of aliphatic hydroxyl groups excluding tert-OH is 1. The van der Waals surface area contributed by atoms with Crippen molar-refractivity contribution < 1.29 is 28.6 Å². The van der Waals surface area contributed by atoms with Crippen LogP contribution in [0.1, 0.15) is 23.6 Å². The van der Waals surface area contributed by atoms with E-state index in [1.165, 1.54) is 24.1 Å². The van der Waals surface area contributed by atoms with E-state index in [0.29, 0.717) is 31.7 Å². The molecule has 1 atom stereocenters. The summed E-state index contributed by atoms with van der Waals surface area (Å²) in [6.45, 7) is 4.15. The van der Waals surface area contributed by atoms with Crippen molar-refractivity contribution >= 4 is 17.4 Å². The summed E-state index contributed by atoms with van der Waals surface area (Å²) >= 11 is 0. The van der Waals surface area contributed by atoms with Gasteiger partial charge >= 0.3 is 0 Å². The van der Waals surface area contributed by atoms with Gasteiger partial charge in [0, 0.05) is 26.2 Å². The van der Waals surface area contributed by atoms with E-state index in [9.17, 15) is 19.1 Å². The van der Waals surface area contributed by atoms with Crippen LogP contribution in [0.4, 0.5) is 4.39 Å². The Balaban J connectivity index is 1.70. The van der Waals surface area contributed by atoms with Gasteiger partial charge in [-0.05, 0) is 30.2 Å². The topological polar surface area (TPSA) is 79.3 Å². The van der Waals surface area contributed by atoms with E-state index >= 15 is 0 Å². The summed E-state index contributed by atoms with van der Waals surface area (Å²) in [5.41, 5.74) is 0.659. The lowest BCUT2D eigenvalue weighted by atomic mass is 9.95. The third-order valence-electron chi connectivity index (χ3n) is 6.05. The molecule has 2 heterocycles. The number of hydrogen-bond donors (Lipinski definition) is 1. The molecule has 33 heavy (non-hydrogen) atoms. The van der Waals surface area contributed by atoms with E-state index in [4.69, 9.17) is 9.47 Å². The van der Waals surface area contributed by atoms with Crippen molar-refractivity contribution in [1.82, 2.24) is 9.80 Å². The van der Waals surface area contributed by atoms with Gasteiger partial charge in [0.1, 0.15) is 17.3 Å². The zero-order valence-corrected chi connectivity index (χ0v) is 18.5. The molecule has 0 aromatic heterocycles. The normalized spacial score (nSPS) is 20.9. The number of ketones is 1. The Kier molecular flexibility index (Phi) is 7.05. The highest BCUT2D eigenvalue weighted by Crippen LogP contribution is 2.41. The fraction of sp³-hybridized carbons (Fsp3) is 0.360. The van der Waals surface area contributed by atoms with Crippen LogP contribution < -0.4 is 4.74 Å². The number of methoxy groups -OCH3 is 1. The molecule has 0 radical (unpaired) electrons. The van der Waals surface area contributed by atoms with E-state index in [1.54, 1.807) is 0 Å². The lowest BCUT2D eigenvalue weighted by Crippen LogP contribution is -2.38. The smallest absolute Gasteiger partial charge is 0.295 e. The lowest BCUT2D eigenvalue weighted by molar-refractivity contribution is -0.140. The van der Waals surface area contributed by atoms with Crippen LogP contribution in [-0.4, -0.2) is 73.1 Å². The van der Waals surface area contributed by atoms with Gasteiger partial charge in [-0.3, -0.25) is 14.5 Å². The van der Waals surface area contributed by atoms with Gasteiger partial charge in [0.2, 0.25) is 0 Å². The number of likely N-dealkylation sites (tertiary alicyclic amines) is 1. The predicted molar refractivity (Wildman–Crippen MR) is 120 cm³/mol. The summed E-state index contributed by atoms with van der Waals surface area (Å²) in [4.78, 5) is 29.9. The van der Waals surface area contributed by atoms with E-state index in [2.05, 4.69) is 4.90 Å². The second kappa shape index (κ2) is 10.1. The van der Waals surface area contributed by atoms with Crippen LogP contribution in [0.2, 0.25) is 0 Å². The number of hydrogen-bond acceptors (Lipinski definition) is 6. The highest BCUT2D eigenvalue weighted by atomic mass is 19.1. The minimum Gasteiger partial charge on any atom is -0.507 e. The summed E-state index contributed by atoms with van der Waals surface area (Å²) in [5, 5.41) is 11.1. The Labute approximate surface area is 192 Å². The van der Waals surface area contributed by atoms with Gasteiger partial charge in [0.25, 0.3) is 11.7 Å². The van der Waals surface area contributed by atoms with Crippen LogP contribution in [0.3, 0.4) is 0 Å². The van der Waals surface area contributed by atoms with E-state index in [0.717, 1.165) is 25.7 Å². The maximum Gasteiger partial charge on any atom is 0.295 e. The van der Waals surface area contributed by atoms with Crippen LogP contribution in [0.15, 0.2) is 54.1 Å². The second-order valence-corrected chi connectivity index (χ2v) is 8.06. The fourth-order valence-corrected chi connectivity index (χ4v) is 4.39. The number of benzene rings is 2. The molecule has 4 rings (SSSR count). The first-order valence-electron chi connectivity index (χ1n) is 11.0. The SMILES string of the molecule is COc1ccc(F)cc1C(O)=C1C(=O)C(=O)N(CCCN2CCOCC2)[C@H]1c1ccccc1. The van der Waals surface area contributed by atoms with Crippen molar-refractivity contribution in [1.29, 1.82) is 0 Å². The third kappa shape index (κ3) is 4.77. The molecule has 0 spiro atoms. The summed E-state index contributed by atoms with van der Waals surface area (Å²) in [7, 11) is 1.39. The van der Waals surface area contributed by atoms with Crippen molar-refractivity contribution in [2.24, 2.45) is 0 Å². The molecule has 8 heteroatoms. The summed E-state index contributed by atoms with van der Waals surface area (Å²) < 4.78 is 24.6. The van der Waals surface area contributed by atoms with Crippen LogP contribution in [0, 0.1) is 5.82 Å². The van der Waals surface area contributed by atoms with E-state index in [-0.39, 0.29) is 16.9 Å². The number of aliphatic hydroxyl groups is 1. The lowest BCUT2D eigenvalue weighted by Gasteiger charge is -2.29. The molecule has 2 aromatic carbocycles. The molecule has 1 amide bonds. The average molecular weight is 454 g/mol. The van der Waals surface area contributed by atoms with Crippen molar-refractivity contribution in [3.63, 3.8) is 0 Å². The van der Waals surface area contributed by atoms with Gasteiger partial charge in [-0.25, -0.2) is 4.39 Å². The Bertz CT molecular complexity index is 1050. The number of Topliss-reactive ketones (excluding diaryl/α,β-unsaturated/α-hetero) is 1. The molecule has 174 valence electrons. The fourth-order valence-electron chi connectivity index (χ4n) is 4.39. The molecule has 0 saturated carbocycles. The number of carbonyl (C=O) groups is 2. The molecule has 0 unspecified atom stereocenters. The summed E-state index contributed by atoms with van der Waals surface area (Å²) in [6.07, 6.45) is 0.666. The van der Waals surface area contributed by atoms with Crippen molar-refractivity contribution in [2.45, 2.75) is 12.5 Å². The Morgan fingerprint density at radius 3 is 2.55 bits per heavy atom. The van der Waals surface area contributed by atoms with Gasteiger partial charge in [0.15, 0.2) is 0 Å². The van der Waals surface area contributed by atoms with Gasteiger partial charge in [-0.15, -0.1) is 0 Å². The van der Waals surface area contributed by atoms with Crippen LogP contribution in [0.5, 0.6) is 5.75 Å². The largest absolute Gasteiger partial charge is 0.507 e. The number of rotatable bonds is 7. The number of carbonyl (C=O) groups excluding carboxylic acids is 2. The Hall–Kier alpha value is -3.23. The number of morpholine rings is 1. The second-order valence-electron chi connectivity index (χ2n) is 8.06. The van der Waals surface area contributed by atoms with Crippen molar-refractivity contribution in [3.8, 4) is 5.75 Å². The highest BCUT2D eigenvalue weighted by molar-refractivity contribution is 6.46. The average Bonchev–Trinajstić information content (AvgIpc) is 3.10. The number of halogens is 1. The van der Waals surface area contributed by atoms with E-state index < -0.39 is 29.3 Å². The molecular weight excluding hydrogens is 427 g/mol. The molecule has 2 aromatic rings. The number of amides is 1. The van der Waals surface area contributed by atoms with Gasteiger partial charge in [-0.2, -0.15) is 0 Å². The molecule has 2 fully saturated rings. The molecule has 2 aliphatic heterocycles. The quantitative estimate of drug-likeness (QED) is 0.394. The number of ether oxygens (including phenoxy) is 2. The van der Waals surface area contributed by atoms with Crippen molar-refractivity contribution in [3.05, 3.63) is 71.0 Å². The molecule has 1 N–H and O–H groups in total. The zero-order valence-electron chi connectivity index (χ0n) is 18.5. The minimum atomic E-state index is -0.793. The molecular formula is C25H27FN2O5. The predicted octanol–water partition coefficient (Wildman–Crippen LogP) is 2.98. The summed E-state index contributed by atoms with van der Waals surface area (Å²) in [5.74, 6) is -2.30. The van der Waals surface area contributed by atoms with Crippen LogP contribution in [-0.2, 0) is 14.3 Å². The Morgan fingerprint density at radius 2 is 1.85 bits per heavy atom. The maximum absolute atomic E-state index is 14.0. The first kappa shape index (κ1) is 22.9. The first-order valence-corrected chi connectivity index (χ1v) is 11.0. The molecule has 0 bridgehead atoms. The zero-order chi connectivity index (χ0) is 23.4. The molecule has 2 saturated heterocycles. The standard InChI is InChI=1S/C25H27FN2O5/c1-32-20-9-8-18(26)16-19(20)23(29)21-22(17-6-3-2-4-7-17)28(25(31)24(21)30)11-5-10-27-12-14-33-15-13-27/h2-4,6-9,16,22,29H,5,10-15H2,1H3/t22-/m0/s1. The van der Waals surface area contributed by atoms with Crippen molar-refractivity contribution in [2.75, 3.05) is 46.5 Å². The van der Waals surface area contributed by atoms with Gasteiger partial charge < -0.3 is 19.5 Å². The highest BCUT2D eigenvalue weighted by Gasteiger charge is 2.46. The molecule has 2 aliphatic rings. The summed E-state index contributed by atoms with van der Waals surface area (Å²) in [6, 6.07) is 12.0. The maximum atomic E-state index is 14.0. The minimum absolute atomic E-state index is 0.0322. The molecule has 0 aliphatic carbocycles. The molecule has 7 nitrogen and oxygen atoms in total. The van der Waals surface area contributed by atoms with E-state index in [1.807, 2.05) is 30.3 Å². The third-order valence-corrected chi connectivity index (χ3v) is 6.05. The Morgan fingerprint density at radius 1 is 1.12 bits per heavy atom. The van der Waals surface area contributed by atoms with Crippen LogP contribution >= 0.6 is 0 Å². The van der Waals surface area contributed by atoms with Gasteiger partial charge in [-0.1, -0.05) is 30.3 Å². The van der Waals surface area contributed by atoms with Gasteiger partial charge in [0.05, 0.1) is 37.5 Å². The van der Waals surface area contributed by atoms with Crippen LogP contribution in [0.25, 0.3) is 5.76 Å². The number of nitrogens with zero attached hydrogens (tertiary/aromatic N) is 2. The first-order chi connectivity index (χ1) is 16.0. The monoisotopic (exact) mass is 454 g/mol.